The minimum absolute atomic E-state index is 0.293. The second-order valence-electron chi connectivity index (χ2n) is 6.48. The van der Waals surface area contributed by atoms with E-state index in [4.69, 9.17) is 10.2 Å². The van der Waals surface area contributed by atoms with Crippen molar-refractivity contribution in [2.45, 2.75) is 46.5 Å². The van der Waals surface area contributed by atoms with Crippen molar-refractivity contribution < 1.29 is 20.1 Å². The number of fused-ring (bicyclic) bond motifs is 1. The average molecular weight is 332 g/mol. The lowest BCUT2D eigenvalue weighted by Gasteiger charge is -2.18. The number of carboxylic acids is 1. The third-order valence-electron chi connectivity index (χ3n) is 4.67. The largest absolute Gasteiger partial charge is 0.508 e. The molecule has 0 aliphatic rings. The molecule has 0 aliphatic carbocycles. The highest BCUT2D eigenvalue weighted by Crippen LogP contribution is 2.25. The summed E-state index contributed by atoms with van der Waals surface area (Å²) in [6, 6.07) is 11.9. The minimum atomic E-state index is -0.944. The Morgan fingerprint density at radius 1 is 1.12 bits per heavy atom. The Bertz CT molecular complexity index is 674. The lowest BCUT2D eigenvalue weighted by molar-refractivity contribution is -0.150. The van der Waals surface area contributed by atoms with Crippen molar-refractivity contribution in [1.29, 1.82) is 0 Å². The minimum Gasteiger partial charge on any atom is -0.508 e. The van der Waals surface area contributed by atoms with Crippen LogP contribution < -0.4 is 0 Å². The van der Waals surface area contributed by atoms with E-state index in [1.54, 1.807) is 19.1 Å². The van der Waals surface area contributed by atoms with Gasteiger partial charge in [0, 0.05) is 0 Å². The Balaban J connectivity index is 0.000000277. The second kappa shape index (κ2) is 8.69. The first-order chi connectivity index (χ1) is 11.3. The molecule has 0 aromatic heterocycles. The van der Waals surface area contributed by atoms with E-state index in [2.05, 4.69) is 32.0 Å². The van der Waals surface area contributed by atoms with Gasteiger partial charge < -0.3 is 15.3 Å². The van der Waals surface area contributed by atoms with Crippen LogP contribution in [0.5, 0.6) is 5.75 Å². The monoisotopic (exact) mass is 332 g/mol. The maximum absolute atomic E-state index is 10.3. The molecule has 0 saturated heterocycles. The number of rotatable bonds is 5. The quantitative estimate of drug-likeness (QED) is 0.751. The molecule has 4 heteroatoms. The number of hydrogen-bond acceptors (Lipinski definition) is 3. The Kier molecular flexibility index (Phi) is 7.23. The van der Waals surface area contributed by atoms with Crippen molar-refractivity contribution in [2.24, 2.45) is 5.41 Å². The smallest absolute Gasteiger partial charge is 0.311 e. The van der Waals surface area contributed by atoms with E-state index < -0.39 is 11.4 Å². The number of hydrogen-bond donors (Lipinski definition) is 3. The van der Waals surface area contributed by atoms with Gasteiger partial charge in [-0.15, -0.1) is 0 Å². The summed E-state index contributed by atoms with van der Waals surface area (Å²) in [5, 5.41) is 28.7. The van der Waals surface area contributed by atoms with Crippen LogP contribution in [0.4, 0.5) is 0 Å². The molecule has 2 rings (SSSR count). The summed E-state index contributed by atoms with van der Waals surface area (Å²) in [6.45, 7) is 7.41. The molecule has 0 bridgehead atoms. The fraction of sp³-hybridized carbons (Fsp3) is 0.450. The van der Waals surface area contributed by atoms with Crippen LogP contribution in [-0.4, -0.2) is 27.9 Å². The lowest BCUT2D eigenvalue weighted by atomic mass is 9.89. The molecule has 3 N–H and O–H groups in total. The van der Waals surface area contributed by atoms with Gasteiger partial charge in [0.1, 0.15) is 5.75 Å². The number of aliphatic hydroxyl groups excluding tert-OH is 1. The van der Waals surface area contributed by atoms with Gasteiger partial charge >= 0.3 is 5.97 Å². The van der Waals surface area contributed by atoms with Gasteiger partial charge in [-0.25, -0.2) is 0 Å². The third kappa shape index (κ3) is 4.96. The van der Waals surface area contributed by atoms with Crippen molar-refractivity contribution in [3.8, 4) is 5.75 Å². The molecule has 0 spiro atoms. The van der Waals surface area contributed by atoms with E-state index in [0.29, 0.717) is 18.1 Å². The first-order valence-corrected chi connectivity index (χ1v) is 8.34. The molecule has 0 heterocycles. The summed E-state index contributed by atoms with van der Waals surface area (Å²) in [4.78, 5) is 10.3. The molecule has 132 valence electrons. The van der Waals surface area contributed by atoms with E-state index in [1.165, 1.54) is 17.9 Å². The summed E-state index contributed by atoms with van der Waals surface area (Å²) >= 11 is 0. The topological polar surface area (TPSA) is 77.8 Å². The van der Waals surface area contributed by atoms with Gasteiger partial charge in [-0.1, -0.05) is 45.0 Å². The highest BCUT2D eigenvalue weighted by atomic mass is 16.4. The summed E-state index contributed by atoms with van der Waals surface area (Å²) < 4.78 is 0. The van der Waals surface area contributed by atoms with Gasteiger partial charge in [0.15, 0.2) is 0 Å². The van der Waals surface area contributed by atoms with Crippen LogP contribution in [0.3, 0.4) is 0 Å². The fourth-order valence-corrected chi connectivity index (χ4v) is 2.12. The first kappa shape index (κ1) is 20.0. The second-order valence-corrected chi connectivity index (χ2v) is 6.48. The number of carboxylic acid groups (broad SMARTS) is 1. The first-order valence-electron chi connectivity index (χ1n) is 8.34. The molecule has 0 amide bonds. The molecule has 2 aromatic carbocycles. The molecule has 0 saturated carbocycles. The number of phenols is 1. The SMILES string of the molecule is CCC(C)(CO)C(=O)O.CCC(C)c1ccc2cc(O)ccc2c1. The van der Waals surface area contributed by atoms with Crippen LogP contribution >= 0.6 is 0 Å². The zero-order valence-electron chi connectivity index (χ0n) is 14.9. The van der Waals surface area contributed by atoms with Gasteiger partial charge in [-0.2, -0.15) is 0 Å². The number of aromatic hydroxyl groups is 1. The zero-order valence-corrected chi connectivity index (χ0v) is 14.9. The molecule has 0 aliphatic heterocycles. The van der Waals surface area contributed by atoms with Crippen LogP contribution in [0.15, 0.2) is 36.4 Å². The highest BCUT2D eigenvalue weighted by Gasteiger charge is 2.29. The van der Waals surface area contributed by atoms with E-state index in [9.17, 15) is 9.90 Å². The molecule has 2 aromatic rings. The Hall–Kier alpha value is -2.07. The maximum Gasteiger partial charge on any atom is 0.311 e. The van der Waals surface area contributed by atoms with Crippen LogP contribution in [0.2, 0.25) is 0 Å². The Labute approximate surface area is 143 Å². The molecule has 2 unspecified atom stereocenters. The number of aliphatic hydroxyl groups is 1. The van der Waals surface area contributed by atoms with Gasteiger partial charge in [-0.3, -0.25) is 4.79 Å². The van der Waals surface area contributed by atoms with Crippen molar-refractivity contribution in [1.82, 2.24) is 0 Å². The van der Waals surface area contributed by atoms with E-state index in [1.807, 2.05) is 6.07 Å². The molecular weight excluding hydrogens is 304 g/mol. The summed E-state index contributed by atoms with van der Waals surface area (Å²) in [7, 11) is 0. The molecule has 0 fully saturated rings. The number of carbonyl (C=O) groups is 1. The van der Waals surface area contributed by atoms with Crippen LogP contribution in [0.25, 0.3) is 10.8 Å². The highest BCUT2D eigenvalue weighted by molar-refractivity contribution is 5.84. The normalized spacial score (nSPS) is 14.4. The molecule has 2 atom stereocenters. The molecule has 24 heavy (non-hydrogen) atoms. The van der Waals surface area contributed by atoms with Crippen LogP contribution in [0.1, 0.15) is 52.0 Å². The number of aliphatic carboxylic acids is 1. The van der Waals surface area contributed by atoms with Crippen molar-refractivity contribution in [2.75, 3.05) is 6.61 Å². The molecular formula is C20H28O4. The van der Waals surface area contributed by atoms with E-state index in [0.717, 1.165) is 11.8 Å². The van der Waals surface area contributed by atoms with Gasteiger partial charge in [0.25, 0.3) is 0 Å². The Morgan fingerprint density at radius 2 is 1.71 bits per heavy atom. The summed E-state index contributed by atoms with van der Waals surface area (Å²) in [5.74, 6) is -0.00510. The van der Waals surface area contributed by atoms with Gasteiger partial charge in [0.05, 0.1) is 12.0 Å². The maximum atomic E-state index is 10.3. The van der Waals surface area contributed by atoms with E-state index in [-0.39, 0.29) is 6.61 Å². The zero-order chi connectivity index (χ0) is 18.3. The molecule has 4 nitrogen and oxygen atoms in total. The Morgan fingerprint density at radius 3 is 2.17 bits per heavy atom. The average Bonchev–Trinajstić information content (AvgIpc) is 2.60. The number of phenolic OH excluding ortho intramolecular Hbond substituents is 1. The van der Waals surface area contributed by atoms with Crippen molar-refractivity contribution >= 4 is 16.7 Å². The fourth-order valence-electron chi connectivity index (χ4n) is 2.12. The molecule has 0 radical (unpaired) electrons. The van der Waals surface area contributed by atoms with Gasteiger partial charge in [-0.05, 0) is 54.2 Å². The third-order valence-corrected chi connectivity index (χ3v) is 4.67. The van der Waals surface area contributed by atoms with Crippen LogP contribution in [0, 0.1) is 5.41 Å². The standard InChI is InChI=1S/C14H16O.C6H12O3/c1-3-10(2)11-4-5-13-9-14(15)7-6-12(13)8-11;1-3-6(2,4-7)5(8)9/h4-10,15H,3H2,1-2H3;7H,3-4H2,1-2H3,(H,8,9). The van der Waals surface area contributed by atoms with Crippen molar-refractivity contribution in [3.63, 3.8) is 0 Å². The lowest BCUT2D eigenvalue weighted by Crippen LogP contribution is -2.30. The summed E-state index contributed by atoms with van der Waals surface area (Å²) in [6.07, 6.45) is 1.61. The summed E-state index contributed by atoms with van der Waals surface area (Å²) in [5.41, 5.74) is 0.427. The van der Waals surface area contributed by atoms with Crippen LogP contribution in [-0.2, 0) is 4.79 Å². The van der Waals surface area contributed by atoms with E-state index >= 15 is 0 Å². The van der Waals surface area contributed by atoms with Gasteiger partial charge in [0.2, 0.25) is 0 Å². The number of benzene rings is 2. The predicted octanol–water partition coefficient (Wildman–Crippen LogP) is 4.54. The predicted molar refractivity (Wildman–Crippen MR) is 97.4 cm³/mol. The van der Waals surface area contributed by atoms with Crippen molar-refractivity contribution in [3.05, 3.63) is 42.0 Å².